The fourth-order valence-electron chi connectivity index (χ4n) is 1.21. The zero-order chi connectivity index (χ0) is 11.1. The van der Waals surface area contributed by atoms with E-state index in [4.69, 9.17) is 16.1 Å². The van der Waals surface area contributed by atoms with Crippen LogP contribution in [0.2, 0.25) is 0 Å². The van der Waals surface area contributed by atoms with E-state index in [0.717, 1.165) is 5.56 Å². The Bertz CT molecular complexity index is 336. The van der Waals surface area contributed by atoms with Gasteiger partial charge in [0.1, 0.15) is 5.54 Å². The van der Waals surface area contributed by atoms with Crippen LogP contribution >= 0.6 is 11.8 Å². The summed E-state index contributed by atoms with van der Waals surface area (Å²) in [5.41, 5.74) is 5.86. The van der Waals surface area contributed by atoms with Crippen LogP contribution < -0.4 is 5.73 Å². The smallest absolute Gasteiger partial charge is 0.138 e. The first-order valence-electron chi connectivity index (χ1n) is 4.67. The minimum atomic E-state index is -0.957. The predicted octanol–water partition coefficient (Wildman–Crippen LogP) is 1.09. The molecule has 3 N–H and O–H groups in total. The van der Waals surface area contributed by atoms with E-state index in [0.29, 0.717) is 11.5 Å². The van der Waals surface area contributed by atoms with Gasteiger partial charge in [-0.05, 0) is 5.56 Å². The second kappa shape index (κ2) is 5.76. The Labute approximate surface area is 93.9 Å². The molecule has 80 valence electrons. The monoisotopic (exact) mass is 222 g/mol. The van der Waals surface area contributed by atoms with Crippen LogP contribution in [-0.2, 0) is 5.54 Å². The first-order valence-corrected chi connectivity index (χ1v) is 5.82. The van der Waals surface area contributed by atoms with Crippen LogP contribution in [0.15, 0.2) is 30.3 Å². The summed E-state index contributed by atoms with van der Waals surface area (Å²) in [6.45, 7) is 0.112. The molecule has 4 heteroatoms. The molecule has 0 saturated carbocycles. The molecule has 0 amide bonds. The van der Waals surface area contributed by atoms with Crippen LogP contribution in [0.3, 0.4) is 0 Å². The minimum Gasteiger partial charge on any atom is -0.396 e. The molecule has 0 radical (unpaired) electrons. The normalized spacial score (nSPS) is 14.2. The van der Waals surface area contributed by atoms with Crippen LogP contribution in [0.4, 0.5) is 0 Å². The Balaban J connectivity index is 2.73. The summed E-state index contributed by atoms with van der Waals surface area (Å²) < 4.78 is 0. The van der Waals surface area contributed by atoms with Gasteiger partial charge < -0.3 is 10.8 Å². The highest BCUT2D eigenvalue weighted by Crippen LogP contribution is 2.22. The highest BCUT2D eigenvalue weighted by atomic mass is 32.2. The number of hydrogen-bond acceptors (Lipinski definition) is 4. The van der Waals surface area contributed by atoms with Crippen molar-refractivity contribution in [2.24, 2.45) is 5.73 Å². The minimum absolute atomic E-state index is 0.112. The van der Waals surface area contributed by atoms with E-state index in [2.05, 4.69) is 6.07 Å². The molecule has 1 unspecified atom stereocenters. The molecule has 1 rings (SSSR count). The number of rotatable bonds is 5. The van der Waals surface area contributed by atoms with Gasteiger partial charge in [-0.15, -0.1) is 0 Å². The van der Waals surface area contributed by atoms with Gasteiger partial charge in [0.2, 0.25) is 0 Å². The fraction of sp³-hybridized carbons (Fsp3) is 0.364. The maximum Gasteiger partial charge on any atom is 0.138 e. The maximum atomic E-state index is 9.09. The standard InChI is InChI=1S/C11H14N2OS/c12-8-11(13,9-15-7-6-14)10-4-2-1-3-5-10/h1-5,14H,6-7,9,13H2. The lowest BCUT2D eigenvalue weighted by atomic mass is 9.95. The van der Waals surface area contributed by atoms with Gasteiger partial charge in [-0.25, -0.2) is 0 Å². The number of hydrogen-bond donors (Lipinski definition) is 2. The Kier molecular flexibility index (Phi) is 4.63. The Morgan fingerprint density at radius 3 is 2.60 bits per heavy atom. The third-order valence-electron chi connectivity index (χ3n) is 2.05. The van der Waals surface area contributed by atoms with Crippen molar-refractivity contribution in [3.05, 3.63) is 35.9 Å². The Morgan fingerprint density at radius 1 is 1.40 bits per heavy atom. The van der Waals surface area contributed by atoms with E-state index in [-0.39, 0.29) is 6.61 Å². The van der Waals surface area contributed by atoms with Crippen LogP contribution in [-0.4, -0.2) is 23.2 Å². The lowest BCUT2D eigenvalue weighted by molar-refractivity contribution is 0.322. The molecule has 0 aliphatic carbocycles. The summed E-state index contributed by atoms with van der Waals surface area (Å²) in [6.07, 6.45) is 0. The molecule has 3 nitrogen and oxygen atoms in total. The van der Waals surface area contributed by atoms with Crippen LogP contribution in [0.5, 0.6) is 0 Å². The SMILES string of the molecule is N#CC(N)(CSCCO)c1ccccc1. The molecule has 0 saturated heterocycles. The van der Waals surface area contributed by atoms with Crippen molar-refractivity contribution >= 4 is 11.8 Å². The second-order valence-corrected chi connectivity index (χ2v) is 4.33. The van der Waals surface area contributed by atoms with Gasteiger partial charge in [0.05, 0.1) is 12.7 Å². The van der Waals surface area contributed by atoms with Crippen molar-refractivity contribution in [3.63, 3.8) is 0 Å². The Morgan fingerprint density at radius 2 is 2.07 bits per heavy atom. The molecule has 0 aliphatic heterocycles. The van der Waals surface area contributed by atoms with E-state index in [9.17, 15) is 0 Å². The number of nitrogens with two attached hydrogens (primary N) is 1. The lowest BCUT2D eigenvalue weighted by Gasteiger charge is -2.21. The third-order valence-corrected chi connectivity index (χ3v) is 3.18. The van der Waals surface area contributed by atoms with Crippen molar-refractivity contribution in [1.29, 1.82) is 5.26 Å². The van der Waals surface area contributed by atoms with Gasteiger partial charge in [-0.3, -0.25) is 0 Å². The van der Waals surface area contributed by atoms with Gasteiger partial charge >= 0.3 is 0 Å². The summed E-state index contributed by atoms with van der Waals surface area (Å²) in [5, 5.41) is 17.7. The summed E-state index contributed by atoms with van der Waals surface area (Å²) in [5.74, 6) is 1.10. The molecule has 0 fully saturated rings. The van der Waals surface area contributed by atoms with Crippen LogP contribution in [0.1, 0.15) is 5.56 Å². The molecule has 0 bridgehead atoms. The van der Waals surface area contributed by atoms with Gasteiger partial charge in [-0.1, -0.05) is 30.3 Å². The molecule has 0 spiro atoms. The molecule has 0 aromatic heterocycles. The number of aliphatic hydroxyl groups is 1. The van der Waals surface area contributed by atoms with Crippen molar-refractivity contribution in [3.8, 4) is 6.07 Å². The van der Waals surface area contributed by atoms with Crippen LogP contribution in [0, 0.1) is 11.3 Å². The molecular weight excluding hydrogens is 208 g/mol. The number of nitriles is 1. The van der Waals surface area contributed by atoms with Gasteiger partial charge in [0, 0.05) is 11.5 Å². The highest BCUT2D eigenvalue weighted by Gasteiger charge is 2.26. The predicted molar refractivity (Wildman–Crippen MR) is 62.3 cm³/mol. The van der Waals surface area contributed by atoms with E-state index in [1.165, 1.54) is 11.8 Å². The van der Waals surface area contributed by atoms with Crippen molar-refractivity contribution in [2.45, 2.75) is 5.54 Å². The number of benzene rings is 1. The van der Waals surface area contributed by atoms with E-state index >= 15 is 0 Å². The number of aliphatic hydroxyl groups excluding tert-OH is 1. The summed E-state index contributed by atoms with van der Waals surface area (Å²) in [6, 6.07) is 11.5. The number of nitrogens with zero attached hydrogens (tertiary/aromatic N) is 1. The van der Waals surface area contributed by atoms with E-state index < -0.39 is 5.54 Å². The first-order chi connectivity index (χ1) is 7.23. The molecule has 1 aromatic rings. The summed E-state index contributed by atoms with van der Waals surface area (Å²) in [4.78, 5) is 0. The van der Waals surface area contributed by atoms with Crippen molar-refractivity contribution < 1.29 is 5.11 Å². The summed E-state index contributed by atoms with van der Waals surface area (Å²) in [7, 11) is 0. The summed E-state index contributed by atoms with van der Waals surface area (Å²) >= 11 is 1.48. The molecule has 15 heavy (non-hydrogen) atoms. The average Bonchev–Trinajstić information content (AvgIpc) is 2.30. The molecule has 0 aliphatic rings. The molecule has 0 heterocycles. The second-order valence-electron chi connectivity index (χ2n) is 3.23. The first kappa shape index (κ1) is 12.1. The maximum absolute atomic E-state index is 9.09. The van der Waals surface area contributed by atoms with Crippen molar-refractivity contribution in [2.75, 3.05) is 18.1 Å². The Hall–Kier alpha value is -1.02. The average molecular weight is 222 g/mol. The zero-order valence-corrected chi connectivity index (χ0v) is 9.20. The largest absolute Gasteiger partial charge is 0.396 e. The number of thioether (sulfide) groups is 1. The lowest BCUT2D eigenvalue weighted by Crippen LogP contribution is -2.37. The van der Waals surface area contributed by atoms with Crippen molar-refractivity contribution in [1.82, 2.24) is 0 Å². The molecule has 1 aromatic carbocycles. The third kappa shape index (κ3) is 3.24. The molecule has 1 atom stereocenters. The zero-order valence-electron chi connectivity index (χ0n) is 8.39. The van der Waals surface area contributed by atoms with Gasteiger partial charge in [-0.2, -0.15) is 17.0 Å². The highest BCUT2D eigenvalue weighted by molar-refractivity contribution is 7.99. The van der Waals surface area contributed by atoms with E-state index in [1.807, 2.05) is 30.3 Å². The molecular formula is C11H14N2OS. The van der Waals surface area contributed by atoms with E-state index in [1.54, 1.807) is 0 Å². The quantitative estimate of drug-likeness (QED) is 0.732. The topological polar surface area (TPSA) is 70.0 Å². The van der Waals surface area contributed by atoms with Gasteiger partial charge in [0.15, 0.2) is 0 Å². The van der Waals surface area contributed by atoms with Gasteiger partial charge in [0.25, 0.3) is 0 Å². The fourth-order valence-corrected chi connectivity index (χ4v) is 2.04. The van der Waals surface area contributed by atoms with Crippen LogP contribution in [0.25, 0.3) is 0 Å².